The summed E-state index contributed by atoms with van der Waals surface area (Å²) in [6.07, 6.45) is 2.89. The Morgan fingerprint density at radius 2 is 2.00 bits per heavy atom. The molecule has 1 heterocycles. The third kappa shape index (κ3) is 2.99. The molecular weight excluding hydrogens is 218 g/mol. The number of carboxylic acids is 1. The van der Waals surface area contributed by atoms with Gasteiger partial charge in [0.15, 0.2) is 0 Å². The van der Waals surface area contributed by atoms with Crippen molar-refractivity contribution in [2.75, 3.05) is 6.54 Å². The number of carboxylic acid groups (broad SMARTS) is 1. The zero-order valence-electron chi connectivity index (χ0n) is 11.2. The zero-order valence-corrected chi connectivity index (χ0v) is 11.2. The average molecular weight is 241 g/mol. The highest BCUT2D eigenvalue weighted by molar-refractivity contribution is 5.98. The van der Waals surface area contributed by atoms with Gasteiger partial charge in [0, 0.05) is 12.6 Å². The average Bonchev–Trinajstić information content (AvgIpc) is 2.61. The maximum absolute atomic E-state index is 12.3. The normalized spacial score (nSPS) is 22.6. The SMILES string of the molecule is CCC1CCCN1C(=O)C(C(=O)O)C(C)(C)C. The van der Waals surface area contributed by atoms with Gasteiger partial charge >= 0.3 is 5.97 Å². The second-order valence-electron chi connectivity index (χ2n) is 5.87. The molecule has 1 amide bonds. The molecule has 0 radical (unpaired) electrons. The highest BCUT2D eigenvalue weighted by Gasteiger charge is 2.42. The van der Waals surface area contributed by atoms with Crippen molar-refractivity contribution in [1.82, 2.24) is 4.90 Å². The molecule has 1 rings (SSSR count). The molecule has 2 unspecified atom stereocenters. The fraction of sp³-hybridized carbons (Fsp3) is 0.846. The summed E-state index contributed by atoms with van der Waals surface area (Å²) in [6.45, 7) is 8.17. The van der Waals surface area contributed by atoms with Crippen molar-refractivity contribution in [2.45, 2.75) is 53.0 Å². The summed E-state index contributed by atoms with van der Waals surface area (Å²) in [5.74, 6) is -2.16. The van der Waals surface area contributed by atoms with Crippen LogP contribution in [0.1, 0.15) is 47.0 Å². The molecule has 1 aliphatic heterocycles. The Bertz CT molecular complexity index is 306. The van der Waals surface area contributed by atoms with E-state index >= 15 is 0 Å². The molecule has 0 saturated carbocycles. The summed E-state index contributed by atoms with van der Waals surface area (Å²) in [5.41, 5.74) is -0.538. The van der Waals surface area contributed by atoms with Crippen LogP contribution in [0.15, 0.2) is 0 Å². The van der Waals surface area contributed by atoms with Crippen LogP contribution in [0.5, 0.6) is 0 Å². The predicted molar refractivity (Wildman–Crippen MR) is 65.6 cm³/mol. The minimum absolute atomic E-state index is 0.214. The van der Waals surface area contributed by atoms with Crippen molar-refractivity contribution >= 4 is 11.9 Å². The molecule has 1 N–H and O–H groups in total. The fourth-order valence-electron chi connectivity index (χ4n) is 2.56. The van der Waals surface area contributed by atoms with E-state index in [1.165, 1.54) is 0 Å². The number of carbonyl (C=O) groups is 2. The zero-order chi connectivity index (χ0) is 13.2. The van der Waals surface area contributed by atoms with E-state index < -0.39 is 17.3 Å². The quantitative estimate of drug-likeness (QED) is 0.770. The minimum atomic E-state index is -1.01. The molecule has 17 heavy (non-hydrogen) atoms. The van der Waals surface area contributed by atoms with Crippen molar-refractivity contribution in [3.05, 3.63) is 0 Å². The van der Waals surface area contributed by atoms with Crippen LogP contribution in [0, 0.1) is 11.3 Å². The first kappa shape index (κ1) is 14.0. The van der Waals surface area contributed by atoms with Crippen LogP contribution in [0.25, 0.3) is 0 Å². The number of amides is 1. The second-order valence-corrected chi connectivity index (χ2v) is 5.87. The number of aliphatic carboxylic acids is 1. The molecule has 0 spiro atoms. The third-order valence-electron chi connectivity index (χ3n) is 3.49. The summed E-state index contributed by atoms with van der Waals surface area (Å²) in [6, 6.07) is 0.228. The van der Waals surface area contributed by atoms with Crippen molar-refractivity contribution in [2.24, 2.45) is 11.3 Å². The Hall–Kier alpha value is -1.06. The Morgan fingerprint density at radius 1 is 1.41 bits per heavy atom. The van der Waals surface area contributed by atoms with Gasteiger partial charge in [-0.2, -0.15) is 0 Å². The maximum Gasteiger partial charge on any atom is 0.316 e. The van der Waals surface area contributed by atoms with Crippen LogP contribution in [0.3, 0.4) is 0 Å². The molecular formula is C13H23NO3. The molecule has 2 atom stereocenters. The Balaban J connectivity index is 2.89. The van der Waals surface area contributed by atoms with E-state index in [0.717, 1.165) is 19.3 Å². The number of carbonyl (C=O) groups excluding carboxylic acids is 1. The Kier molecular flexibility index (Phi) is 4.17. The highest BCUT2D eigenvalue weighted by atomic mass is 16.4. The van der Waals surface area contributed by atoms with Crippen LogP contribution in [0.2, 0.25) is 0 Å². The van der Waals surface area contributed by atoms with Crippen LogP contribution >= 0.6 is 0 Å². The van der Waals surface area contributed by atoms with Gasteiger partial charge < -0.3 is 10.0 Å². The van der Waals surface area contributed by atoms with Crippen LogP contribution < -0.4 is 0 Å². The molecule has 0 aromatic heterocycles. The van der Waals surface area contributed by atoms with Crippen molar-refractivity contribution < 1.29 is 14.7 Å². The molecule has 1 fully saturated rings. The monoisotopic (exact) mass is 241 g/mol. The molecule has 98 valence electrons. The van der Waals surface area contributed by atoms with Crippen molar-refractivity contribution in [3.8, 4) is 0 Å². The van der Waals surface area contributed by atoms with Gasteiger partial charge in [-0.1, -0.05) is 27.7 Å². The largest absolute Gasteiger partial charge is 0.481 e. The summed E-state index contributed by atoms with van der Waals surface area (Å²) in [4.78, 5) is 25.4. The lowest BCUT2D eigenvalue weighted by atomic mass is 9.79. The fourth-order valence-corrected chi connectivity index (χ4v) is 2.56. The molecule has 4 heteroatoms. The first-order chi connectivity index (χ1) is 7.79. The van der Waals surface area contributed by atoms with Crippen LogP contribution in [-0.2, 0) is 9.59 Å². The summed E-state index contributed by atoms with van der Waals surface area (Å²) in [7, 11) is 0. The summed E-state index contributed by atoms with van der Waals surface area (Å²) in [5, 5.41) is 9.25. The topological polar surface area (TPSA) is 57.6 Å². The lowest BCUT2D eigenvalue weighted by Crippen LogP contribution is -2.46. The first-order valence-electron chi connectivity index (χ1n) is 6.32. The highest BCUT2D eigenvalue weighted by Crippen LogP contribution is 2.31. The molecule has 0 bridgehead atoms. The minimum Gasteiger partial charge on any atom is -0.481 e. The maximum atomic E-state index is 12.3. The number of hydrogen-bond acceptors (Lipinski definition) is 2. The van der Waals surface area contributed by atoms with Gasteiger partial charge in [-0.15, -0.1) is 0 Å². The van der Waals surface area contributed by atoms with E-state index in [1.54, 1.807) is 25.7 Å². The van der Waals surface area contributed by atoms with Gasteiger partial charge in [0.05, 0.1) is 0 Å². The van der Waals surface area contributed by atoms with Gasteiger partial charge in [0.2, 0.25) is 5.91 Å². The van der Waals surface area contributed by atoms with Gasteiger partial charge in [0.25, 0.3) is 0 Å². The van der Waals surface area contributed by atoms with E-state index in [1.807, 2.05) is 6.92 Å². The second kappa shape index (κ2) is 5.07. The number of nitrogens with zero attached hydrogens (tertiary/aromatic N) is 1. The molecule has 0 aliphatic carbocycles. The van der Waals surface area contributed by atoms with Crippen molar-refractivity contribution in [1.29, 1.82) is 0 Å². The van der Waals surface area contributed by atoms with Crippen LogP contribution in [0.4, 0.5) is 0 Å². The molecule has 1 aliphatic rings. The van der Waals surface area contributed by atoms with Gasteiger partial charge in [-0.3, -0.25) is 9.59 Å². The summed E-state index contributed by atoms with van der Waals surface area (Å²) >= 11 is 0. The number of hydrogen-bond donors (Lipinski definition) is 1. The van der Waals surface area contributed by atoms with Gasteiger partial charge in [0.1, 0.15) is 5.92 Å². The van der Waals surface area contributed by atoms with E-state index in [2.05, 4.69) is 0 Å². The van der Waals surface area contributed by atoms with E-state index in [9.17, 15) is 14.7 Å². The predicted octanol–water partition coefficient (Wildman–Crippen LogP) is 2.13. The number of likely N-dealkylation sites (tertiary alicyclic amines) is 1. The molecule has 0 aromatic carbocycles. The van der Waals surface area contributed by atoms with Gasteiger partial charge in [-0.25, -0.2) is 0 Å². The van der Waals surface area contributed by atoms with Crippen LogP contribution in [-0.4, -0.2) is 34.5 Å². The number of rotatable bonds is 3. The molecule has 4 nitrogen and oxygen atoms in total. The summed E-state index contributed by atoms with van der Waals surface area (Å²) < 4.78 is 0. The van der Waals surface area contributed by atoms with E-state index in [0.29, 0.717) is 6.54 Å². The third-order valence-corrected chi connectivity index (χ3v) is 3.49. The smallest absolute Gasteiger partial charge is 0.316 e. The lowest BCUT2D eigenvalue weighted by Gasteiger charge is -2.32. The van der Waals surface area contributed by atoms with Gasteiger partial charge in [-0.05, 0) is 24.7 Å². The van der Waals surface area contributed by atoms with Crippen molar-refractivity contribution in [3.63, 3.8) is 0 Å². The molecule has 1 saturated heterocycles. The Labute approximate surface area is 103 Å². The lowest BCUT2D eigenvalue weighted by molar-refractivity contribution is -0.156. The van der Waals surface area contributed by atoms with E-state index in [4.69, 9.17) is 0 Å². The standard InChI is InChI=1S/C13H23NO3/c1-5-9-7-6-8-14(9)11(15)10(12(16)17)13(2,3)4/h9-10H,5-8H2,1-4H3,(H,16,17). The van der Waals surface area contributed by atoms with E-state index in [-0.39, 0.29) is 11.9 Å². The first-order valence-corrected chi connectivity index (χ1v) is 6.32. The molecule has 0 aromatic rings. The Morgan fingerprint density at radius 3 is 2.41 bits per heavy atom.